The van der Waals surface area contributed by atoms with Crippen molar-refractivity contribution in [2.45, 2.75) is 0 Å². The summed E-state index contributed by atoms with van der Waals surface area (Å²) in [5, 5.41) is 0. The molecule has 0 aliphatic heterocycles. The number of aromatic nitrogens is 1. The largest absolute Gasteiger partial charge is 0.336 e. The van der Waals surface area contributed by atoms with Crippen LogP contribution in [-0.4, -0.2) is 4.98 Å². The maximum absolute atomic E-state index is 12.0. The molecule has 0 aliphatic rings. The Morgan fingerprint density at radius 3 is 2.56 bits per heavy atom. The van der Waals surface area contributed by atoms with Crippen molar-refractivity contribution in [2.24, 2.45) is 0 Å². The molecule has 0 saturated heterocycles. The second-order valence-electron chi connectivity index (χ2n) is 1.47. The van der Waals surface area contributed by atoms with E-state index in [1.54, 1.807) is 0 Å². The summed E-state index contributed by atoms with van der Waals surface area (Å²) in [5.74, 6) is -2.58. The molecule has 2 nitrogen and oxygen atoms in total. The number of nitrogens with one attached hydrogen (secondary N) is 1. The van der Waals surface area contributed by atoms with Gasteiger partial charge in [-0.3, -0.25) is 4.79 Å². The van der Waals surface area contributed by atoms with E-state index in [1.807, 2.05) is 4.98 Å². The zero-order valence-corrected chi connectivity index (χ0v) is 4.32. The quantitative estimate of drug-likeness (QED) is 0.515. The molecular weight excluding hydrogens is 128 g/mol. The van der Waals surface area contributed by atoms with Gasteiger partial charge in [0.25, 0.3) is 0 Å². The van der Waals surface area contributed by atoms with E-state index in [0.29, 0.717) is 0 Å². The zero-order valence-electron chi connectivity index (χ0n) is 4.32. The van der Waals surface area contributed by atoms with E-state index < -0.39 is 17.2 Å². The Labute approximate surface area is 49.1 Å². The van der Waals surface area contributed by atoms with Gasteiger partial charge in [-0.25, -0.2) is 0 Å². The molecule has 1 N–H and O–H groups in total. The molecule has 1 aromatic rings. The standard InChI is InChI=1S/C5H3F2NO/c6-4-3(9)1-2-8-5(4)7/h1-2H,(H,8,9). The fourth-order valence-electron chi connectivity index (χ4n) is 0.435. The maximum Gasteiger partial charge on any atom is 0.231 e. The van der Waals surface area contributed by atoms with Gasteiger partial charge in [0.1, 0.15) is 0 Å². The Bertz CT molecular complexity index is 268. The topological polar surface area (TPSA) is 32.9 Å². The summed E-state index contributed by atoms with van der Waals surface area (Å²) in [4.78, 5) is 12.1. The maximum atomic E-state index is 12.0. The monoisotopic (exact) mass is 131 g/mol. The third-order valence-corrected chi connectivity index (χ3v) is 0.854. The first-order valence-corrected chi connectivity index (χ1v) is 2.24. The van der Waals surface area contributed by atoms with Gasteiger partial charge in [0, 0.05) is 12.3 Å². The van der Waals surface area contributed by atoms with Crippen molar-refractivity contribution < 1.29 is 8.78 Å². The molecule has 0 saturated carbocycles. The number of hydrogen-bond donors (Lipinski definition) is 1. The molecule has 0 aliphatic carbocycles. The van der Waals surface area contributed by atoms with Crippen molar-refractivity contribution in [1.82, 2.24) is 4.98 Å². The SMILES string of the molecule is O=c1cc[nH]c(F)c1F. The van der Waals surface area contributed by atoms with Crippen molar-refractivity contribution in [3.8, 4) is 0 Å². The van der Waals surface area contributed by atoms with Gasteiger partial charge < -0.3 is 4.98 Å². The Morgan fingerprint density at radius 1 is 1.44 bits per heavy atom. The zero-order chi connectivity index (χ0) is 6.85. The highest BCUT2D eigenvalue weighted by Gasteiger charge is 2.02. The molecule has 1 aromatic heterocycles. The molecule has 0 aromatic carbocycles. The number of hydrogen-bond acceptors (Lipinski definition) is 1. The lowest BCUT2D eigenvalue weighted by Crippen LogP contribution is -2.07. The van der Waals surface area contributed by atoms with Crippen molar-refractivity contribution in [2.75, 3.05) is 0 Å². The average molecular weight is 131 g/mol. The third-order valence-electron chi connectivity index (χ3n) is 0.854. The fraction of sp³-hybridized carbons (Fsp3) is 0. The molecule has 0 fully saturated rings. The summed E-state index contributed by atoms with van der Waals surface area (Å²) < 4.78 is 24.0. The van der Waals surface area contributed by atoms with Crippen LogP contribution in [0.2, 0.25) is 0 Å². The average Bonchev–Trinajstić information content (AvgIpc) is 1.83. The second kappa shape index (κ2) is 1.97. The molecule has 9 heavy (non-hydrogen) atoms. The molecule has 0 atom stereocenters. The van der Waals surface area contributed by atoms with Gasteiger partial charge in [-0.15, -0.1) is 0 Å². The molecule has 48 valence electrons. The highest BCUT2D eigenvalue weighted by molar-refractivity contribution is 4.96. The van der Waals surface area contributed by atoms with E-state index in [9.17, 15) is 13.6 Å². The molecule has 0 spiro atoms. The van der Waals surface area contributed by atoms with Crippen LogP contribution in [0, 0.1) is 11.8 Å². The molecule has 0 radical (unpaired) electrons. The number of H-pyrrole nitrogens is 1. The van der Waals surface area contributed by atoms with E-state index >= 15 is 0 Å². The first-order chi connectivity index (χ1) is 4.22. The van der Waals surface area contributed by atoms with Crippen LogP contribution >= 0.6 is 0 Å². The lowest BCUT2D eigenvalue weighted by Gasteiger charge is -1.86. The predicted octanol–water partition coefficient (Wildman–Crippen LogP) is 0.653. The minimum atomic E-state index is -1.36. The van der Waals surface area contributed by atoms with Crippen molar-refractivity contribution >= 4 is 0 Å². The van der Waals surface area contributed by atoms with Crippen molar-refractivity contribution in [1.29, 1.82) is 0 Å². The Hall–Kier alpha value is -1.19. The van der Waals surface area contributed by atoms with Crippen molar-refractivity contribution in [3.05, 3.63) is 34.3 Å². The fourth-order valence-corrected chi connectivity index (χ4v) is 0.435. The summed E-state index contributed by atoms with van der Waals surface area (Å²) in [7, 11) is 0. The van der Waals surface area contributed by atoms with Crippen LogP contribution in [0.3, 0.4) is 0 Å². The summed E-state index contributed by atoms with van der Waals surface area (Å²) >= 11 is 0. The van der Waals surface area contributed by atoms with E-state index in [0.717, 1.165) is 12.3 Å². The van der Waals surface area contributed by atoms with Gasteiger partial charge in [-0.05, 0) is 0 Å². The molecule has 1 rings (SSSR count). The lowest BCUT2D eigenvalue weighted by molar-refractivity contribution is 0.473. The number of rotatable bonds is 0. The van der Waals surface area contributed by atoms with Gasteiger partial charge in [0.15, 0.2) is 0 Å². The first kappa shape index (κ1) is 5.94. The molecule has 0 unspecified atom stereocenters. The van der Waals surface area contributed by atoms with Crippen molar-refractivity contribution in [3.63, 3.8) is 0 Å². The smallest absolute Gasteiger partial charge is 0.231 e. The molecule has 0 amide bonds. The lowest BCUT2D eigenvalue weighted by atomic mass is 10.4. The van der Waals surface area contributed by atoms with Crippen LogP contribution in [0.4, 0.5) is 8.78 Å². The normalized spacial score (nSPS) is 9.56. The predicted molar refractivity (Wildman–Crippen MR) is 27.0 cm³/mol. The third kappa shape index (κ3) is 0.960. The van der Waals surface area contributed by atoms with Crippen LogP contribution in [0.1, 0.15) is 0 Å². The van der Waals surface area contributed by atoms with E-state index in [4.69, 9.17) is 0 Å². The first-order valence-electron chi connectivity index (χ1n) is 2.24. The van der Waals surface area contributed by atoms with Gasteiger partial charge in [0.05, 0.1) is 0 Å². The minimum absolute atomic E-state index is 0.915. The van der Waals surface area contributed by atoms with Gasteiger partial charge in [-0.1, -0.05) is 0 Å². The van der Waals surface area contributed by atoms with E-state index in [1.165, 1.54) is 0 Å². The van der Waals surface area contributed by atoms with E-state index in [2.05, 4.69) is 0 Å². The highest BCUT2D eigenvalue weighted by atomic mass is 19.2. The van der Waals surface area contributed by atoms with Crippen LogP contribution in [0.5, 0.6) is 0 Å². The highest BCUT2D eigenvalue weighted by Crippen LogP contribution is 1.91. The summed E-state index contributed by atoms with van der Waals surface area (Å²) in [6.45, 7) is 0. The number of aromatic amines is 1. The molecule has 0 bridgehead atoms. The summed E-state index contributed by atoms with van der Waals surface area (Å²) in [5.41, 5.74) is -0.939. The van der Waals surface area contributed by atoms with Gasteiger partial charge in [0.2, 0.25) is 17.2 Å². The molecule has 4 heteroatoms. The minimum Gasteiger partial charge on any atom is -0.336 e. The Kier molecular flexibility index (Phi) is 1.30. The van der Waals surface area contributed by atoms with E-state index in [-0.39, 0.29) is 0 Å². The Balaban J connectivity index is 3.43. The van der Waals surface area contributed by atoms with Crippen LogP contribution in [0.25, 0.3) is 0 Å². The van der Waals surface area contributed by atoms with Crippen LogP contribution in [0.15, 0.2) is 17.1 Å². The summed E-state index contributed by atoms with van der Waals surface area (Å²) in [6.07, 6.45) is 1.04. The Morgan fingerprint density at radius 2 is 2.11 bits per heavy atom. The number of halogens is 2. The van der Waals surface area contributed by atoms with Gasteiger partial charge in [-0.2, -0.15) is 8.78 Å². The molecule has 1 heterocycles. The van der Waals surface area contributed by atoms with Gasteiger partial charge >= 0.3 is 0 Å². The summed E-state index contributed by atoms with van der Waals surface area (Å²) in [6, 6.07) is 0.915. The van der Waals surface area contributed by atoms with Crippen LogP contribution < -0.4 is 5.43 Å². The molecular formula is C5H3F2NO. The number of pyridine rings is 1. The van der Waals surface area contributed by atoms with Crippen LogP contribution in [-0.2, 0) is 0 Å². The second-order valence-corrected chi connectivity index (χ2v) is 1.47.